The number of fused-ring (bicyclic) bond motifs is 1. The number of nitrogens with two attached hydrogens (primary N) is 2. The molecule has 2 aromatic rings. The molecule has 3 heterocycles. The standard InChI is InChI=1S/C10H13N7O5S/c11-7-3-4(16(14-7)10(12)23)8(21)17(15-13-3)9-6(20)5(19)2(1-18)22-9/h2,5-6,9,18-20H,1H2,(H2,11,14)(H2,12,23). The molecule has 23 heavy (non-hydrogen) atoms. The average Bonchev–Trinajstić information content (AvgIpc) is 3.00. The summed E-state index contributed by atoms with van der Waals surface area (Å²) in [5.74, 6) is -0.0919. The smallest absolute Gasteiger partial charge is 0.299 e. The van der Waals surface area contributed by atoms with Crippen LogP contribution in [0.5, 0.6) is 0 Å². The molecule has 1 fully saturated rings. The summed E-state index contributed by atoms with van der Waals surface area (Å²) in [5.41, 5.74) is 10.2. The SMILES string of the molecule is NC(=S)n1nc(N)c2nnn(C3OC(CO)C(O)C3O)c(=O)c21. The van der Waals surface area contributed by atoms with Gasteiger partial charge in [0.05, 0.1) is 6.61 Å². The fourth-order valence-corrected chi connectivity index (χ4v) is 2.50. The van der Waals surface area contributed by atoms with E-state index in [0.29, 0.717) is 4.68 Å². The Bertz CT molecular complexity index is 835. The number of nitrogens with zero attached hydrogens (tertiary/aromatic N) is 5. The number of rotatable bonds is 2. The van der Waals surface area contributed by atoms with E-state index in [0.717, 1.165) is 4.68 Å². The van der Waals surface area contributed by atoms with Gasteiger partial charge in [-0.1, -0.05) is 5.21 Å². The number of aliphatic hydroxyl groups is 3. The average molecular weight is 343 g/mol. The van der Waals surface area contributed by atoms with Gasteiger partial charge in [0.1, 0.15) is 18.3 Å². The Labute approximate surface area is 132 Å². The van der Waals surface area contributed by atoms with Gasteiger partial charge < -0.3 is 31.5 Å². The van der Waals surface area contributed by atoms with E-state index in [2.05, 4.69) is 15.4 Å². The number of hydrogen-bond acceptors (Lipinski definition) is 10. The summed E-state index contributed by atoms with van der Waals surface area (Å²) < 4.78 is 6.88. The Hall–Kier alpha value is -2.19. The Balaban J connectivity index is 2.17. The van der Waals surface area contributed by atoms with Crippen LogP contribution in [0, 0.1) is 0 Å². The number of thiocarbonyl (C=S) groups is 1. The van der Waals surface area contributed by atoms with Crippen molar-refractivity contribution in [3.8, 4) is 0 Å². The van der Waals surface area contributed by atoms with Crippen LogP contribution in [-0.4, -0.2) is 70.1 Å². The van der Waals surface area contributed by atoms with Crippen LogP contribution in [0.3, 0.4) is 0 Å². The molecule has 0 aliphatic carbocycles. The molecule has 0 bridgehead atoms. The first kappa shape index (κ1) is 15.7. The third-order valence-corrected chi connectivity index (χ3v) is 3.68. The zero-order valence-corrected chi connectivity index (χ0v) is 12.3. The molecule has 1 aliphatic rings. The normalized spacial score (nSPS) is 27.6. The maximum atomic E-state index is 12.6. The summed E-state index contributed by atoms with van der Waals surface area (Å²) in [4.78, 5) is 12.6. The molecule has 12 nitrogen and oxygen atoms in total. The van der Waals surface area contributed by atoms with Gasteiger partial charge in [-0.25, -0.2) is 0 Å². The molecule has 0 saturated carbocycles. The van der Waals surface area contributed by atoms with Crippen LogP contribution < -0.4 is 17.0 Å². The Morgan fingerprint density at radius 3 is 2.65 bits per heavy atom. The fourth-order valence-electron chi connectivity index (χ4n) is 2.37. The molecule has 4 unspecified atom stereocenters. The highest BCUT2D eigenvalue weighted by atomic mass is 32.1. The molecule has 0 radical (unpaired) electrons. The zero-order valence-electron chi connectivity index (χ0n) is 11.5. The lowest BCUT2D eigenvalue weighted by Gasteiger charge is -2.15. The number of nitrogen functional groups attached to an aromatic ring is 1. The van der Waals surface area contributed by atoms with Crippen LogP contribution in [0.15, 0.2) is 4.79 Å². The fraction of sp³-hybridized carbons (Fsp3) is 0.500. The van der Waals surface area contributed by atoms with Crippen molar-refractivity contribution in [3.05, 3.63) is 10.4 Å². The number of hydrogen-bond donors (Lipinski definition) is 5. The summed E-state index contributed by atoms with van der Waals surface area (Å²) in [6, 6.07) is 0. The van der Waals surface area contributed by atoms with Crippen molar-refractivity contribution < 1.29 is 20.1 Å². The second-order valence-corrected chi connectivity index (χ2v) is 5.32. The first-order valence-electron chi connectivity index (χ1n) is 6.42. The largest absolute Gasteiger partial charge is 0.394 e. The maximum absolute atomic E-state index is 12.6. The Morgan fingerprint density at radius 1 is 1.39 bits per heavy atom. The molecule has 0 amide bonds. The van der Waals surface area contributed by atoms with E-state index in [1.807, 2.05) is 0 Å². The Kier molecular flexibility index (Phi) is 3.73. The summed E-state index contributed by atoms with van der Waals surface area (Å²) in [6.07, 6.45) is -5.29. The number of aliphatic hydroxyl groups excluding tert-OH is 3. The van der Waals surface area contributed by atoms with Gasteiger partial charge in [0.15, 0.2) is 28.2 Å². The summed E-state index contributed by atoms with van der Waals surface area (Å²) >= 11 is 4.79. The van der Waals surface area contributed by atoms with Gasteiger partial charge in [-0.15, -0.1) is 10.2 Å². The number of ether oxygens (including phenoxy) is 1. The molecular weight excluding hydrogens is 330 g/mol. The predicted octanol–water partition coefficient (Wildman–Crippen LogP) is -3.73. The van der Waals surface area contributed by atoms with Crippen molar-refractivity contribution in [2.45, 2.75) is 24.5 Å². The van der Waals surface area contributed by atoms with Crippen molar-refractivity contribution in [1.82, 2.24) is 24.8 Å². The molecular formula is C10H13N7O5S. The van der Waals surface area contributed by atoms with Crippen LogP contribution in [-0.2, 0) is 4.74 Å². The van der Waals surface area contributed by atoms with Gasteiger partial charge in [0, 0.05) is 0 Å². The van der Waals surface area contributed by atoms with Crippen molar-refractivity contribution in [1.29, 1.82) is 0 Å². The number of aromatic nitrogens is 5. The Morgan fingerprint density at radius 2 is 2.09 bits per heavy atom. The number of anilines is 1. The van der Waals surface area contributed by atoms with E-state index in [4.69, 9.17) is 33.5 Å². The van der Waals surface area contributed by atoms with Crippen LogP contribution in [0.2, 0.25) is 0 Å². The van der Waals surface area contributed by atoms with Gasteiger partial charge in [0.2, 0.25) is 0 Å². The maximum Gasteiger partial charge on any atom is 0.299 e. The highest BCUT2D eigenvalue weighted by Crippen LogP contribution is 2.27. The molecule has 13 heteroatoms. The minimum absolute atomic E-state index is 0.00852. The molecule has 3 rings (SSSR count). The lowest BCUT2D eigenvalue weighted by molar-refractivity contribution is -0.0619. The van der Waals surface area contributed by atoms with Crippen LogP contribution in [0.25, 0.3) is 11.0 Å². The molecule has 7 N–H and O–H groups in total. The molecule has 4 atom stereocenters. The van der Waals surface area contributed by atoms with Gasteiger partial charge in [0.25, 0.3) is 5.56 Å². The lowest BCUT2D eigenvalue weighted by atomic mass is 10.1. The van der Waals surface area contributed by atoms with E-state index < -0.39 is 36.7 Å². The minimum Gasteiger partial charge on any atom is -0.394 e. The summed E-state index contributed by atoms with van der Waals surface area (Å²) in [6.45, 7) is -0.545. The molecule has 0 spiro atoms. The van der Waals surface area contributed by atoms with Crippen LogP contribution >= 0.6 is 12.2 Å². The first-order valence-corrected chi connectivity index (χ1v) is 6.83. The zero-order chi connectivity index (χ0) is 16.9. The third kappa shape index (κ3) is 2.25. The van der Waals surface area contributed by atoms with Gasteiger partial charge in [-0.05, 0) is 12.2 Å². The predicted molar refractivity (Wildman–Crippen MR) is 79.2 cm³/mol. The summed E-state index contributed by atoms with van der Waals surface area (Å²) in [7, 11) is 0. The third-order valence-electron chi connectivity index (χ3n) is 3.51. The minimum atomic E-state index is -1.49. The molecule has 1 aliphatic heterocycles. The monoisotopic (exact) mass is 343 g/mol. The highest BCUT2D eigenvalue weighted by Gasteiger charge is 2.44. The second-order valence-electron chi connectivity index (χ2n) is 4.90. The van der Waals surface area contributed by atoms with E-state index >= 15 is 0 Å². The van der Waals surface area contributed by atoms with Gasteiger partial charge in [-0.2, -0.15) is 9.36 Å². The van der Waals surface area contributed by atoms with Crippen molar-refractivity contribution >= 4 is 34.2 Å². The van der Waals surface area contributed by atoms with E-state index in [9.17, 15) is 15.0 Å². The van der Waals surface area contributed by atoms with E-state index in [1.54, 1.807) is 0 Å². The van der Waals surface area contributed by atoms with Crippen molar-refractivity contribution in [2.24, 2.45) is 5.73 Å². The topological polar surface area (TPSA) is 188 Å². The molecule has 124 valence electrons. The highest BCUT2D eigenvalue weighted by molar-refractivity contribution is 7.80. The van der Waals surface area contributed by atoms with E-state index in [-0.39, 0.29) is 22.0 Å². The van der Waals surface area contributed by atoms with E-state index in [1.165, 1.54) is 0 Å². The quantitative estimate of drug-likeness (QED) is 0.337. The van der Waals surface area contributed by atoms with Crippen LogP contribution in [0.1, 0.15) is 6.23 Å². The van der Waals surface area contributed by atoms with Crippen molar-refractivity contribution in [2.75, 3.05) is 12.3 Å². The van der Waals surface area contributed by atoms with Crippen LogP contribution in [0.4, 0.5) is 5.82 Å². The second kappa shape index (κ2) is 5.47. The molecule has 1 saturated heterocycles. The van der Waals surface area contributed by atoms with Crippen molar-refractivity contribution in [3.63, 3.8) is 0 Å². The lowest BCUT2D eigenvalue weighted by Crippen LogP contribution is -2.37. The van der Waals surface area contributed by atoms with Gasteiger partial charge >= 0.3 is 0 Å². The summed E-state index contributed by atoms with van der Waals surface area (Å²) in [5, 5.41) is 39.8. The van der Waals surface area contributed by atoms with Gasteiger partial charge in [-0.3, -0.25) is 4.79 Å². The molecule has 2 aromatic heterocycles. The first-order chi connectivity index (χ1) is 10.9. The molecule has 0 aromatic carbocycles.